The molecule has 2 amide bonds. The van der Waals surface area contributed by atoms with Gasteiger partial charge in [0.15, 0.2) is 5.17 Å². The molecule has 29 heavy (non-hydrogen) atoms. The summed E-state index contributed by atoms with van der Waals surface area (Å²) in [5.41, 5.74) is 2.77. The molecule has 6 nitrogen and oxygen atoms in total. The maximum atomic E-state index is 12.8. The van der Waals surface area contributed by atoms with Gasteiger partial charge in [0.2, 0.25) is 5.91 Å². The molecule has 0 saturated heterocycles. The molecule has 0 saturated carbocycles. The van der Waals surface area contributed by atoms with Gasteiger partial charge < -0.3 is 15.5 Å². The molecule has 2 heterocycles. The summed E-state index contributed by atoms with van der Waals surface area (Å²) >= 11 is 7.98. The van der Waals surface area contributed by atoms with Gasteiger partial charge in [-0.25, -0.2) is 4.99 Å². The molecule has 8 heteroatoms. The van der Waals surface area contributed by atoms with E-state index in [1.165, 1.54) is 11.8 Å². The van der Waals surface area contributed by atoms with Crippen molar-refractivity contribution < 1.29 is 9.59 Å². The molecule has 1 aromatic rings. The van der Waals surface area contributed by atoms with Crippen LogP contribution >= 0.6 is 23.4 Å². The van der Waals surface area contributed by atoms with Crippen molar-refractivity contribution >= 4 is 40.3 Å². The molecule has 2 aliphatic heterocycles. The SMILES string of the molecule is CNC(=O)C1=C(C)N=C2SC=C(CC(=O)NCC(C)C)N2C1c1ccccc1Cl. The number of nitrogens with one attached hydrogen (secondary N) is 2. The summed E-state index contributed by atoms with van der Waals surface area (Å²) in [4.78, 5) is 31.8. The zero-order chi connectivity index (χ0) is 21.1. The Morgan fingerprint density at radius 1 is 1.31 bits per heavy atom. The van der Waals surface area contributed by atoms with Gasteiger partial charge >= 0.3 is 0 Å². The highest BCUT2D eigenvalue weighted by Crippen LogP contribution is 2.45. The van der Waals surface area contributed by atoms with Crippen LogP contribution in [-0.4, -0.2) is 35.5 Å². The van der Waals surface area contributed by atoms with Gasteiger partial charge in [-0.3, -0.25) is 9.59 Å². The third-order valence-electron chi connectivity index (χ3n) is 4.72. The number of nitrogens with zero attached hydrogens (tertiary/aromatic N) is 2. The van der Waals surface area contributed by atoms with Crippen LogP contribution in [0.25, 0.3) is 0 Å². The van der Waals surface area contributed by atoms with Gasteiger partial charge in [0, 0.05) is 24.3 Å². The number of fused-ring (bicyclic) bond motifs is 1. The number of benzene rings is 1. The Labute approximate surface area is 180 Å². The molecule has 1 aromatic carbocycles. The van der Waals surface area contributed by atoms with E-state index in [9.17, 15) is 9.59 Å². The molecule has 0 aliphatic carbocycles. The molecule has 0 radical (unpaired) electrons. The number of carbonyl (C=O) groups excluding carboxylic acids is 2. The standard InChI is InChI=1S/C21H25ClN4O2S/c1-12(2)10-24-17(27)9-14-11-29-21-25-13(3)18(20(28)23-4)19(26(14)21)15-7-5-6-8-16(15)22/h5-8,11-12,19H,9-10H2,1-4H3,(H,23,28)(H,24,27). The van der Waals surface area contributed by atoms with Crippen molar-refractivity contribution in [3.05, 3.63) is 57.2 Å². The highest BCUT2D eigenvalue weighted by molar-refractivity contribution is 8.16. The van der Waals surface area contributed by atoms with Gasteiger partial charge in [0.05, 0.1) is 23.7 Å². The molecule has 2 aliphatic rings. The number of halogens is 1. The summed E-state index contributed by atoms with van der Waals surface area (Å²) in [7, 11) is 1.60. The number of hydrogen-bond acceptors (Lipinski definition) is 5. The average Bonchev–Trinajstić information content (AvgIpc) is 3.07. The monoisotopic (exact) mass is 432 g/mol. The topological polar surface area (TPSA) is 73.8 Å². The van der Waals surface area contributed by atoms with E-state index < -0.39 is 6.04 Å². The second-order valence-corrected chi connectivity index (χ2v) is 8.61. The van der Waals surface area contributed by atoms with Crippen LogP contribution in [0.5, 0.6) is 0 Å². The lowest BCUT2D eigenvalue weighted by molar-refractivity contribution is -0.120. The Hall–Kier alpha value is -2.25. The smallest absolute Gasteiger partial charge is 0.251 e. The fraction of sp³-hybridized carbons (Fsp3) is 0.381. The van der Waals surface area contributed by atoms with Gasteiger partial charge in [-0.2, -0.15) is 0 Å². The Morgan fingerprint density at radius 2 is 2.03 bits per heavy atom. The second-order valence-electron chi connectivity index (χ2n) is 7.37. The summed E-state index contributed by atoms with van der Waals surface area (Å²) in [6, 6.07) is 7.02. The lowest BCUT2D eigenvalue weighted by atomic mass is 9.93. The van der Waals surface area contributed by atoms with Crippen molar-refractivity contribution in [1.82, 2.24) is 15.5 Å². The summed E-state index contributed by atoms with van der Waals surface area (Å²) < 4.78 is 0. The van der Waals surface area contributed by atoms with Gasteiger partial charge in [0.1, 0.15) is 0 Å². The van der Waals surface area contributed by atoms with E-state index in [4.69, 9.17) is 11.6 Å². The molecule has 0 spiro atoms. The number of likely N-dealkylation sites (N-methyl/N-ethyl adjacent to an activating group) is 1. The predicted molar refractivity (Wildman–Crippen MR) is 118 cm³/mol. The minimum Gasteiger partial charge on any atom is -0.356 e. The molecule has 3 rings (SSSR count). The van der Waals surface area contributed by atoms with Crippen molar-refractivity contribution in [3.8, 4) is 0 Å². The van der Waals surface area contributed by atoms with Crippen LogP contribution in [-0.2, 0) is 9.59 Å². The summed E-state index contributed by atoms with van der Waals surface area (Å²) in [6.07, 6.45) is 0.208. The largest absolute Gasteiger partial charge is 0.356 e. The Kier molecular flexibility index (Phi) is 6.70. The summed E-state index contributed by atoms with van der Waals surface area (Å²) in [5, 5.41) is 8.90. The number of aliphatic imine (C=N–C) groups is 1. The first-order valence-electron chi connectivity index (χ1n) is 9.51. The highest BCUT2D eigenvalue weighted by Gasteiger charge is 2.40. The Morgan fingerprint density at radius 3 is 2.69 bits per heavy atom. The van der Waals surface area contributed by atoms with Crippen LogP contribution in [0.4, 0.5) is 0 Å². The maximum Gasteiger partial charge on any atom is 0.251 e. The Balaban J connectivity index is 2.00. The van der Waals surface area contributed by atoms with E-state index in [1.807, 2.05) is 35.4 Å². The summed E-state index contributed by atoms with van der Waals surface area (Å²) in [5.74, 6) is 0.104. The quantitative estimate of drug-likeness (QED) is 0.716. The van der Waals surface area contributed by atoms with Crippen LogP contribution in [0.1, 0.15) is 38.8 Å². The van der Waals surface area contributed by atoms with Gasteiger partial charge in [0.25, 0.3) is 5.91 Å². The van der Waals surface area contributed by atoms with E-state index in [0.717, 1.165) is 16.4 Å². The van der Waals surface area contributed by atoms with Crippen molar-refractivity contribution in [1.29, 1.82) is 0 Å². The first-order valence-corrected chi connectivity index (χ1v) is 10.8. The van der Waals surface area contributed by atoms with Crippen molar-refractivity contribution in [2.24, 2.45) is 10.9 Å². The predicted octanol–water partition coefficient (Wildman–Crippen LogP) is 3.82. The Bertz CT molecular complexity index is 923. The molecular formula is C21H25ClN4O2S. The van der Waals surface area contributed by atoms with Crippen LogP contribution in [0.2, 0.25) is 5.02 Å². The maximum absolute atomic E-state index is 12.8. The van der Waals surface area contributed by atoms with Crippen LogP contribution < -0.4 is 10.6 Å². The average molecular weight is 433 g/mol. The number of thioether (sulfide) groups is 1. The first kappa shape index (κ1) is 21.5. The third-order valence-corrected chi connectivity index (χ3v) is 5.95. The van der Waals surface area contributed by atoms with Crippen molar-refractivity contribution in [3.63, 3.8) is 0 Å². The van der Waals surface area contributed by atoms with E-state index in [0.29, 0.717) is 28.8 Å². The molecule has 1 atom stereocenters. The van der Waals surface area contributed by atoms with Crippen LogP contribution in [0.3, 0.4) is 0 Å². The zero-order valence-electron chi connectivity index (χ0n) is 17.0. The molecule has 1 unspecified atom stereocenters. The first-order chi connectivity index (χ1) is 13.8. The van der Waals surface area contributed by atoms with Crippen LogP contribution in [0, 0.1) is 5.92 Å². The highest BCUT2D eigenvalue weighted by atomic mass is 35.5. The molecule has 2 N–H and O–H groups in total. The minimum absolute atomic E-state index is 0.0579. The van der Waals surface area contributed by atoms with Crippen molar-refractivity contribution in [2.45, 2.75) is 33.2 Å². The van der Waals surface area contributed by atoms with E-state index in [2.05, 4.69) is 29.5 Å². The number of hydrogen-bond donors (Lipinski definition) is 2. The fourth-order valence-electron chi connectivity index (χ4n) is 3.33. The van der Waals surface area contributed by atoms with Crippen LogP contribution in [0.15, 0.2) is 51.6 Å². The van der Waals surface area contributed by atoms with Gasteiger partial charge in [-0.05, 0) is 29.9 Å². The zero-order valence-corrected chi connectivity index (χ0v) is 18.5. The normalized spacial score (nSPS) is 18.4. The van der Waals surface area contributed by atoms with Crippen molar-refractivity contribution in [2.75, 3.05) is 13.6 Å². The fourth-order valence-corrected chi connectivity index (χ4v) is 4.53. The number of allylic oxidation sites excluding steroid dienone is 1. The summed E-state index contributed by atoms with van der Waals surface area (Å²) in [6.45, 7) is 6.55. The van der Waals surface area contributed by atoms with E-state index in [1.54, 1.807) is 13.1 Å². The number of rotatable bonds is 6. The van der Waals surface area contributed by atoms with Gasteiger partial charge in [-0.1, -0.05) is 55.4 Å². The molecule has 0 aromatic heterocycles. The number of carbonyl (C=O) groups is 2. The molecule has 154 valence electrons. The molecular weight excluding hydrogens is 408 g/mol. The number of amidine groups is 1. The lowest BCUT2D eigenvalue weighted by Crippen LogP contribution is -2.40. The lowest BCUT2D eigenvalue weighted by Gasteiger charge is -2.36. The molecule has 0 fully saturated rings. The third kappa shape index (κ3) is 4.51. The van der Waals surface area contributed by atoms with E-state index in [-0.39, 0.29) is 18.2 Å². The van der Waals surface area contributed by atoms with Gasteiger partial charge in [-0.15, -0.1) is 0 Å². The molecule has 0 bridgehead atoms. The van der Waals surface area contributed by atoms with E-state index >= 15 is 0 Å². The minimum atomic E-state index is -0.449. The number of amides is 2. The second kappa shape index (κ2) is 9.05.